The van der Waals surface area contributed by atoms with E-state index < -0.39 is 5.76 Å². The van der Waals surface area contributed by atoms with Crippen LogP contribution >= 0.6 is 15.9 Å². The molecule has 96 valence electrons. The number of nitrogens with one attached hydrogen (secondary N) is 1. The minimum absolute atomic E-state index is 0.141. The number of hydrogen-bond acceptors (Lipinski definition) is 3. The molecule has 0 aliphatic carbocycles. The van der Waals surface area contributed by atoms with Gasteiger partial charge >= 0.3 is 5.76 Å². The number of oxazole rings is 1. The number of H-pyrrole nitrogens is 1. The summed E-state index contributed by atoms with van der Waals surface area (Å²) in [6.07, 6.45) is 3.60. The molecule has 3 rings (SSSR count). The van der Waals surface area contributed by atoms with E-state index in [0.717, 1.165) is 30.5 Å². The maximum absolute atomic E-state index is 11.1. The molecule has 2 atom stereocenters. The third kappa shape index (κ3) is 2.24. The summed E-state index contributed by atoms with van der Waals surface area (Å²) in [7, 11) is 0. The zero-order valence-corrected chi connectivity index (χ0v) is 11.4. The molecule has 1 aliphatic heterocycles. The van der Waals surface area contributed by atoms with Crippen LogP contribution in [0.3, 0.4) is 0 Å². The van der Waals surface area contributed by atoms with E-state index in [1.165, 1.54) is 6.42 Å². The van der Waals surface area contributed by atoms with Gasteiger partial charge in [0.15, 0.2) is 5.58 Å². The lowest BCUT2D eigenvalue weighted by atomic mass is 10.0. The van der Waals surface area contributed by atoms with Crippen molar-refractivity contribution >= 4 is 27.0 Å². The van der Waals surface area contributed by atoms with E-state index in [2.05, 4.69) is 20.9 Å². The summed E-state index contributed by atoms with van der Waals surface area (Å²) in [4.78, 5) is 13.9. The van der Waals surface area contributed by atoms with Gasteiger partial charge in [-0.3, -0.25) is 4.98 Å². The summed E-state index contributed by atoms with van der Waals surface area (Å²) >= 11 is 3.69. The van der Waals surface area contributed by atoms with Crippen molar-refractivity contribution in [2.45, 2.75) is 30.2 Å². The Morgan fingerprint density at radius 3 is 3.06 bits per heavy atom. The average molecular weight is 312 g/mol. The molecule has 0 spiro atoms. The minimum atomic E-state index is -0.415. The molecular weight excluding hydrogens is 298 g/mol. The van der Waals surface area contributed by atoms with Crippen LogP contribution in [-0.4, -0.2) is 17.7 Å². The second-order valence-corrected chi connectivity index (χ2v) is 5.56. The number of aromatic nitrogens is 1. The van der Waals surface area contributed by atoms with E-state index in [-0.39, 0.29) is 10.9 Å². The largest absolute Gasteiger partial charge is 0.417 e. The highest BCUT2D eigenvalue weighted by molar-refractivity contribution is 9.09. The van der Waals surface area contributed by atoms with Crippen molar-refractivity contribution < 1.29 is 9.15 Å². The molecule has 18 heavy (non-hydrogen) atoms. The zero-order chi connectivity index (χ0) is 12.5. The number of ether oxygens (including phenoxy) is 1. The van der Waals surface area contributed by atoms with Crippen LogP contribution < -0.4 is 5.76 Å². The highest BCUT2D eigenvalue weighted by atomic mass is 79.9. The van der Waals surface area contributed by atoms with E-state index in [4.69, 9.17) is 9.15 Å². The maximum atomic E-state index is 11.1. The van der Waals surface area contributed by atoms with Crippen LogP contribution in [0.15, 0.2) is 27.4 Å². The Labute approximate surface area is 112 Å². The van der Waals surface area contributed by atoms with Crippen LogP contribution in [0.5, 0.6) is 0 Å². The number of halogens is 1. The molecule has 5 heteroatoms. The molecule has 1 N–H and O–H groups in total. The number of benzene rings is 1. The van der Waals surface area contributed by atoms with Crippen molar-refractivity contribution in [3.05, 3.63) is 34.3 Å². The van der Waals surface area contributed by atoms with E-state index in [0.29, 0.717) is 5.58 Å². The lowest BCUT2D eigenvalue weighted by Crippen LogP contribution is -2.23. The van der Waals surface area contributed by atoms with Crippen LogP contribution in [0, 0.1) is 0 Å². The fourth-order valence-corrected chi connectivity index (χ4v) is 3.05. The van der Waals surface area contributed by atoms with Gasteiger partial charge in [0, 0.05) is 6.61 Å². The van der Waals surface area contributed by atoms with Crippen LogP contribution in [0.4, 0.5) is 0 Å². The lowest BCUT2D eigenvalue weighted by Gasteiger charge is -2.27. The predicted molar refractivity (Wildman–Crippen MR) is 72.1 cm³/mol. The van der Waals surface area contributed by atoms with Gasteiger partial charge in [0.2, 0.25) is 0 Å². The molecular formula is C13H14BrNO3. The Morgan fingerprint density at radius 1 is 1.39 bits per heavy atom. The SMILES string of the molecule is O=c1[nH]c2ccc(C(Br)C3CCCCO3)cc2o1. The Hall–Kier alpha value is -1.07. The van der Waals surface area contributed by atoms with Crippen molar-refractivity contribution in [1.29, 1.82) is 0 Å². The van der Waals surface area contributed by atoms with Crippen LogP contribution in [0.1, 0.15) is 29.7 Å². The van der Waals surface area contributed by atoms with Gasteiger partial charge < -0.3 is 9.15 Å². The summed E-state index contributed by atoms with van der Waals surface area (Å²) in [6, 6.07) is 5.75. The number of aromatic amines is 1. The molecule has 1 aromatic carbocycles. The molecule has 1 fully saturated rings. The summed E-state index contributed by atoms with van der Waals surface area (Å²) in [6.45, 7) is 0.828. The average Bonchev–Trinajstić information content (AvgIpc) is 2.78. The molecule has 1 saturated heterocycles. The highest BCUT2D eigenvalue weighted by Crippen LogP contribution is 2.34. The summed E-state index contributed by atoms with van der Waals surface area (Å²) in [5.41, 5.74) is 2.41. The molecule has 2 heterocycles. The van der Waals surface area contributed by atoms with Gasteiger partial charge in [0.05, 0.1) is 16.4 Å². The number of hydrogen-bond donors (Lipinski definition) is 1. The van der Waals surface area contributed by atoms with E-state index in [1.54, 1.807) is 0 Å². The van der Waals surface area contributed by atoms with Crippen LogP contribution in [-0.2, 0) is 4.74 Å². The van der Waals surface area contributed by atoms with Crippen molar-refractivity contribution in [3.63, 3.8) is 0 Å². The standard InChI is InChI=1S/C13H14BrNO3/c14-12(10-3-1-2-6-17-10)8-4-5-9-11(7-8)18-13(16)15-9/h4-5,7,10,12H,1-3,6H2,(H,15,16). The van der Waals surface area contributed by atoms with Crippen LogP contribution in [0.25, 0.3) is 11.1 Å². The monoisotopic (exact) mass is 311 g/mol. The molecule has 1 aliphatic rings. The smallest absolute Gasteiger partial charge is 0.408 e. The summed E-state index contributed by atoms with van der Waals surface area (Å²) in [5.74, 6) is -0.415. The lowest BCUT2D eigenvalue weighted by molar-refractivity contribution is 0.0160. The number of fused-ring (bicyclic) bond motifs is 1. The second kappa shape index (κ2) is 4.90. The van der Waals surface area contributed by atoms with E-state index >= 15 is 0 Å². The van der Waals surface area contributed by atoms with Gasteiger partial charge in [-0.25, -0.2) is 4.79 Å². The molecule has 2 aromatic rings. The first-order valence-electron chi connectivity index (χ1n) is 6.12. The van der Waals surface area contributed by atoms with Gasteiger partial charge in [0.1, 0.15) is 0 Å². The van der Waals surface area contributed by atoms with Gasteiger partial charge in [-0.05, 0) is 37.0 Å². The Kier molecular flexibility index (Phi) is 3.26. The quantitative estimate of drug-likeness (QED) is 0.867. The Bertz CT molecular complexity index is 598. The third-order valence-corrected chi connectivity index (χ3v) is 4.42. The third-order valence-electron chi connectivity index (χ3n) is 3.30. The predicted octanol–water partition coefficient (Wildman–Crippen LogP) is 3.13. The summed E-state index contributed by atoms with van der Waals surface area (Å²) < 4.78 is 10.8. The molecule has 4 nitrogen and oxygen atoms in total. The maximum Gasteiger partial charge on any atom is 0.417 e. The van der Waals surface area contributed by atoms with Crippen LogP contribution in [0.2, 0.25) is 0 Å². The fourth-order valence-electron chi connectivity index (χ4n) is 2.34. The molecule has 0 radical (unpaired) electrons. The Balaban J connectivity index is 1.90. The van der Waals surface area contributed by atoms with Crippen molar-refractivity contribution in [2.24, 2.45) is 0 Å². The topological polar surface area (TPSA) is 55.2 Å². The van der Waals surface area contributed by atoms with E-state index in [9.17, 15) is 4.79 Å². The van der Waals surface area contributed by atoms with Crippen molar-refractivity contribution in [1.82, 2.24) is 4.98 Å². The van der Waals surface area contributed by atoms with Gasteiger partial charge in [0.25, 0.3) is 0 Å². The van der Waals surface area contributed by atoms with Gasteiger partial charge in [-0.15, -0.1) is 0 Å². The molecule has 0 bridgehead atoms. The normalized spacial score (nSPS) is 22.2. The zero-order valence-electron chi connectivity index (χ0n) is 9.82. The van der Waals surface area contributed by atoms with Gasteiger partial charge in [-0.2, -0.15) is 0 Å². The molecule has 2 unspecified atom stereocenters. The second-order valence-electron chi connectivity index (χ2n) is 4.58. The van der Waals surface area contributed by atoms with E-state index in [1.807, 2.05) is 18.2 Å². The minimum Gasteiger partial charge on any atom is -0.408 e. The first kappa shape index (κ1) is 12.0. The highest BCUT2D eigenvalue weighted by Gasteiger charge is 2.24. The summed E-state index contributed by atoms with van der Waals surface area (Å²) in [5, 5.41) is 0. The first-order chi connectivity index (χ1) is 8.74. The fraction of sp³-hybridized carbons (Fsp3) is 0.462. The molecule has 1 aromatic heterocycles. The number of alkyl halides is 1. The van der Waals surface area contributed by atoms with Crippen molar-refractivity contribution in [3.8, 4) is 0 Å². The molecule has 0 saturated carbocycles. The number of rotatable bonds is 2. The van der Waals surface area contributed by atoms with Gasteiger partial charge in [-0.1, -0.05) is 22.0 Å². The van der Waals surface area contributed by atoms with Crippen molar-refractivity contribution in [2.75, 3.05) is 6.61 Å². The molecule has 0 amide bonds. The Morgan fingerprint density at radius 2 is 2.28 bits per heavy atom. The first-order valence-corrected chi connectivity index (χ1v) is 7.04.